The van der Waals surface area contributed by atoms with Gasteiger partial charge in [0, 0.05) is 12.0 Å². The zero-order valence-corrected chi connectivity index (χ0v) is 18.6. The van der Waals surface area contributed by atoms with Gasteiger partial charge in [-0.3, -0.25) is 4.90 Å². The highest BCUT2D eigenvalue weighted by atomic mass is 16.6. The second kappa shape index (κ2) is 9.29. The predicted molar refractivity (Wildman–Crippen MR) is 115 cm³/mol. The van der Waals surface area contributed by atoms with E-state index < -0.39 is 23.7 Å². The Morgan fingerprint density at radius 1 is 1.10 bits per heavy atom. The van der Waals surface area contributed by atoms with Crippen LogP contribution in [0.25, 0.3) is 0 Å². The lowest BCUT2D eigenvalue weighted by molar-refractivity contribution is -0.150. The lowest BCUT2D eigenvalue weighted by Gasteiger charge is -2.37. The molecular formula is C24H29NO6. The van der Waals surface area contributed by atoms with Crippen molar-refractivity contribution in [2.45, 2.75) is 52.3 Å². The first kappa shape index (κ1) is 22.5. The molecule has 0 spiro atoms. The molecule has 0 saturated carbocycles. The number of para-hydroxylation sites is 1. The van der Waals surface area contributed by atoms with Crippen molar-refractivity contribution in [3.05, 3.63) is 53.6 Å². The van der Waals surface area contributed by atoms with Crippen molar-refractivity contribution in [3.63, 3.8) is 0 Å². The van der Waals surface area contributed by atoms with Gasteiger partial charge in [-0.25, -0.2) is 9.59 Å². The number of nitrogens with zero attached hydrogens (tertiary/aromatic N) is 1. The number of amides is 1. The van der Waals surface area contributed by atoms with E-state index in [2.05, 4.69) is 0 Å². The van der Waals surface area contributed by atoms with Gasteiger partial charge in [0.2, 0.25) is 0 Å². The van der Waals surface area contributed by atoms with E-state index >= 15 is 0 Å². The summed E-state index contributed by atoms with van der Waals surface area (Å²) in [4.78, 5) is 27.1. The van der Waals surface area contributed by atoms with Crippen molar-refractivity contribution in [1.29, 1.82) is 0 Å². The minimum absolute atomic E-state index is 0.197. The molecule has 1 atom stereocenters. The minimum Gasteiger partial charge on any atom is -0.493 e. The molecule has 3 rings (SSSR count). The van der Waals surface area contributed by atoms with Crippen LogP contribution in [-0.2, 0) is 27.2 Å². The Morgan fingerprint density at radius 2 is 1.81 bits per heavy atom. The number of carbonyl (C=O) groups is 2. The molecule has 2 aromatic rings. The fourth-order valence-corrected chi connectivity index (χ4v) is 3.46. The van der Waals surface area contributed by atoms with Gasteiger partial charge in [-0.15, -0.1) is 0 Å². The van der Waals surface area contributed by atoms with Gasteiger partial charge in [-0.05, 0) is 51.5 Å². The van der Waals surface area contributed by atoms with Gasteiger partial charge in [0.05, 0.1) is 20.3 Å². The summed E-state index contributed by atoms with van der Waals surface area (Å²) in [5.41, 5.74) is 0.983. The maximum atomic E-state index is 12.9. The van der Waals surface area contributed by atoms with Crippen molar-refractivity contribution in [2.75, 3.05) is 13.7 Å². The lowest BCUT2D eigenvalue weighted by Crippen LogP contribution is -2.50. The van der Waals surface area contributed by atoms with E-state index in [1.165, 1.54) is 4.90 Å². The average molecular weight is 427 g/mol. The van der Waals surface area contributed by atoms with Crippen LogP contribution in [0.4, 0.5) is 4.79 Å². The van der Waals surface area contributed by atoms with Crippen molar-refractivity contribution in [1.82, 2.24) is 4.90 Å². The van der Waals surface area contributed by atoms with E-state index in [0.717, 1.165) is 11.1 Å². The van der Waals surface area contributed by atoms with Crippen LogP contribution >= 0.6 is 0 Å². The van der Waals surface area contributed by atoms with Crippen LogP contribution in [0.2, 0.25) is 0 Å². The summed E-state index contributed by atoms with van der Waals surface area (Å²) in [6, 6.07) is 12.2. The summed E-state index contributed by atoms with van der Waals surface area (Å²) in [7, 11) is 1.57. The first-order valence-electron chi connectivity index (χ1n) is 10.3. The molecule has 1 aliphatic rings. The number of hydrogen-bond donors (Lipinski definition) is 0. The number of ether oxygens (including phenoxy) is 4. The summed E-state index contributed by atoms with van der Waals surface area (Å²) < 4.78 is 22.5. The van der Waals surface area contributed by atoms with Gasteiger partial charge in [0.15, 0.2) is 11.5 Å². The normalized spacial score (nSPS) is 15.6. The van der Waals surface area contributed by atoms with Crippen LogP contribution in [0, 0.1) is 0 Å². The molecule has 0 N–H and O–H groups in total. The average Bonchev–Trinajstić information content (AvgIpc) is 2.72. The number of fused-ring (bicyclic) bond motifs is 1. The molecule has 2 aromatic carbocycles. The smallest absolute Gasteiger partial charge is 0.411 e. The van der Waals surface area contributed by atoms with Gasteiger partial charge >= 0.3 is 12.1 Å². The topological polar surface area (TPSA) is 74.3 Å². The van der Waals surface area contributed by atoms with Crippen molar-refractivity contribution in [2.24, 2.45) is 0 Å². The zero-order chi connectivity index (χ0) is 22.6. The van der Waals surface area contributed by atoms with Gasteiger partial charge in [-0.2, -0.15) is 0 Å². The maximum absolute atomic E-state index is 12.9. The molecule has 0 saturated heterocycles. The number of rotatable bonds is 5. The number of carbonyl (C=O) groups excluding carboxylic acids is 2. The summed E-state index contributed by atoms with van der Waals surface area (Å²) >= 11 is 0. The van der Waals surface area contributed by atoms with Gasteiger partial charge in [0.25, 0.3) is 0 Å². The van der Waals surface area contributed by atoms with E-state index in [1.54, 1.807) is 40.9 Å². The highest BCUT2D eigenvalue weighted by Crippen LogP contribution is 2.41. The zero-order valence-electron chi connectivity index (χ0n) is 18.6. The molecule has 1 unspecified atom stereocenters. The van der Waals surface area contributed by atoms with Gasteiger partial charge in [-0.1, -0.05) is 24.3 Å². The standard InChI is InChI=1S/C24H29NO6/c1-6-29-22(26)19-14-18-16(15-25(19)23(27)31-24(2,3)4)12-13-20(28-5)21(18)30-17-10-8-7-9-11-17/h7-13,19H,6,14-15H2,1-5H3. The minimum atomic E-state index is -0.826. The second-order valence-electron chi connectivity index (χ2n) is 8.23. The fraction of sp³-hybridized carbons (Fsp3) is 0.417. The molecule has 1 amide bonds. The monoisotopic (exact) mass is 427 g/mol. The largest absolute Gasteiger partial charge is 0.493 e. The SMILES string of the molecule is CCOC(=O)C1Cc2c(ccc(OC)c2Oc2ccccc2)CN1C(=O)OC(C)(C)C. The summed E-state index contributed by atoms with van der Waals surface area (Å²) in [5, 5.41) is 0. The second-order valence-corrected chi connectivity index (χ2v) is 8.23. The molecule has 1 heterocycles. The molecule has 1 aliphatic heterocycles. The lowest BCUT2D eigenvalue weighted by atomic mass is 9.92. The van der Waals surface area contributed by atoms with E-state index in [9.17, 15) is 9.59 Å². The van der Waals surface area contributed by atoms with E-state index in [0.29, 0.717) is 17.2 Å². The molecule has 7 heteroatoms. The van der Waals surface area contributed by atoms with Crippen molar-refractivity contribution < 1.29 is 28.5 Å². The van der Waals surface area contributed by atoms with Gasteiger partial charge in [0.1, 0.15) is 17.4 Å². The maximum Gasteiger partial charge on any atom is 0.411 e. The number of hydrogen-bond acceptors (Lipinski definition) is 6. The van der Waals surface area contributed by atoms with Crippen LogP contribution in [0.1, 0.15) is 38.8 Å². The van der Waals surface area contributed by atoms with E-state index in [1.807, 2.05) is 36.4 Å². The molecule has 7 nitrogen and oxygen atoms in total. The molecule has 0 aromatic heterocycles. The number of benzene rings is 2. The quantitative estimate of drug-likeness (QED) is 0.643. The van der Waals surface area contributed by atoms with Crippen LogP contribution in [0.5, 0.6) is 17.2 Å². The first-order valence-corrected chi connectivity index (χ1v) is 10.3. The molecule has 0 fully saturated rings. The van der Waals surface area contributed by atoms with Gasteiger partial charge < -0.3 is 18.9 Å². The number of esters is 1. The summed E-state index contributed by atoms with van der Waals surface area (Å²) in [6.45, 7) is 7.52. The Kier molecular flexibility index (Phi) is 6.73. The molecule has 31 heavy (non-hydrogen) atoms. The molecule has 0 radical (unpaired) electrons. The van der Waals surface area contributed by atoms with Crippen LogP contribution in [-0.4, -0.2) is 42.3 Å². The number of methoxy groups -OCH3 is 1. The van der Waals surface area contributed by atoms with Crippen LogP contribution in [0.3, 0.4) is 0 Å². The Balaban J connectivity index is 2.02. The third kappa shape index (κ3) is 5.29. The van der Waals surface area contributed by atoms with Crippen molar-refractivity contribution >= 4 is 12.1 Å². The Labute approximate surface area is 182 Å². The van der Waals surface area contributed by atoms with E-state index in [4.69, 9.17) is 18.9 Å². The molecule has 0 aliphatic carbocycles. The van der Waals surface area contributed by atoms with Crippen LogP contribution < -0.4 is 9.47 Å². The Hall–Kier alpha value is -3.22. The fourth-order valence-electron chi connectivity index (χ4n) is 3.46. The summed E-state index contributed by atoms with van der Waals surface area (Å²) in [5.74, 6) is 1.25. The Bertz CT molecular complexity index is 935. The third-order valence-corrected chi connectivity index (χ3v) is 4.81. The highest BCUT2D eigenvalue weighted by molar-refractivity contribution is 5.83. The summed E-state index contributed by atoms with van der Waals surface area (Å²) in [6.07, 6.45) is -0.329. The van der Waals surface area contributed by atoms with E-state index in [-0.39, 0.29) is 19.6 Å². The molecule has 166 valence electrons. The first-order chi connectivity index (χ1) is 14.7. The molecular weight excluding hydrogens is 398 g/mol. The Morgan fingerprint density at radius 3 is 2.42 bits per heavy atom. The third-order valence-electron chi connectivity index (χ3n) is 4.81. The van der Waals surface area contributed by atoms with Crippen molar-refractivity contribution in [3.8, 4) is 17.2 Å². The predicted octanol–water partition coefficient (Wildman–Crippen LogP) is 4.71. The highest BCUT2D eigenvalue weighted by Gasteiger charge is 2.39. The molecule has 0 bridgehead atoms. The van der Waals surface area contributed by atoms with Crippen LogP contribution in [0.15, 0.2) is 42.5 Å².